The lowest BCUT2D eigenvalue weighted by Gasteiger charge is -2.20. The Labute approximate surface area is 127 Å². The molecule has 0 spiro atoms. The Hall–Kier alpha value is -0.0900. The molecule has 104 valence electrons. The Bertz CT molecular complexity index is 501. The normalized spacial score (nSPS) is 26.7. The predicted molar refractivity (Wildman–Crippen MR) is 79.6 cm³/mol. The van der Waals surface area contributed by atoms with Crippen LogP contribution in [0.1, 0.15) is 37.4 Å². The molecular weight excluding hydrogens is 303 g/mol. The molecule has 3 rings (SSSR count). The van der Waals surface area contributed by atoms with E-state index >= 15 is 0 Å². The molecule has 1 aromatic rings. The highest BCUT2D eigenvalue weighted by Crippen LogP contribution is 2.55. The molecule has 1 aromatic carbocycles. The molecule has 0 saturated heterocycles. The zero-order valence-electron chi connectivity index (χ0n) is 10.7. The van der Waals surface area contributed by atoms with Crippen LogP contribution in [0.2, 0.25) is 10.0 Å². The molecule has 1 aliphatic heterocycles. The van der Waals surface area contributed by atoms with Gasteiger partial charge in [0.2, 0.25) is 0 Å². The van der Waals surface area contributed by atoms with Crippen molar-refractivity contribution < 1.29 is 9.84 Å². The summed E-state index contributed by atoms with van der Waals surface area (Å²) < 4.78 is 5.22. The fourth-order valence-corrected chi connectivity index (χ4v) is 5.26. The van der Waals surface area contributed by atoms with Gasteiger partial charge in [-0.3, -0.25) is 0 Å². The van der Waals surface area contributed by atoms with E-state index in [1.165, 1.54) is 25.7 Å². The van der Waals surface area contributed by atoms with Crippen molar-refractivity contribution in [3.8, 4) is 5.75 Å². The van der Waals surface area contributed by atoms with E-state index in [-0.39, 0.29) is 5.25 Å². The van der Waals surface area contributed by atoms with E-state index in [2.05, 4.69) is 0 Å². The first-order chi connectivity index (χ1) is 9.13. The number of fused-ring (bicyclic) bond motifs is 1. The van der Waals surface area contributed by atoms with Gasteiger partial charge in [0.25, 0.3) is 0 Å². The van der Waals surface area contributed by atoms with E-state index in [0.717, 1.165) is 10.5 Å². The molecule has 1 heterocycles. The summed E-state index contributed by atoms with van der Waals surface area (Å²) in [4.78, 5) is 0.928. The summed E-state index contributed by atoms with van der Waals surface area (Å²) in [6, 6.07) is 1.83. The number of hydrogen-bond donors (Lipinski definition) is 1. The summed E-state index contributed by atoms with van der Waals surface area (Å²) in [7, 11) is 1.56. The molecule has 1 N–H and O–H groups in total. The van der Waals surface area contributed by atoms with Gasteiger partial charge in [0.15, 0.2) is 0 Å². The lowest BCUT2D eigenvalue weighted by atomic mass is 9.95. The minimum absolute atomic E-state index is 0.207. The summed E-state index contributed by atoms with van der Waals surface area (Å²) in [5.74, 6) is 1.12. The molecule has 1 saturated carbocycles. The van der Waals surface area contributed by atoms with E-state index < -0.39 is 6.10 Å². The SMILES string of the molecule is COc1cc2c(c(Cl)c1Cl)SC(C1CCCC1)C2O. The fourth-order valence-electron chi connectivity index (χ4n) is 3.11. The molecule has 19 heavy (non-hydrogen) atoms. The van der Waals surface area contributed by atoms with Crippen molar-refractivity contribution in [2.75, 3.05) is 7.11 Å². The van der Waals surface area contributed by atoms with Crippen LogP contribution in [0, 0.1) is 5.92 Å². The number of aliphatic hydroxyl groups is 1. The number of methoxy groups -OCH3 is 1. The zero-order chi connectivity index (χ0) is 13.6. The molecule has 5 heteroatoms. The molecule has 2 nitrogen and oxygen atoms in total. The first kappa shape index (κ1) is 13.9. The van der Waals surface area contributed by atoms with Crippen LogP contribution in [-0.2, 0) is 0 Å². The minimum Gasteiger partial charge on any atom is -0.495 e. The Balaban J connectivity index is 1.98. The standard InChI is InChI=1S/C14H16Cl2O2S/c1-18-9-6-8-12(17)13(7-4-2-3-5-7)19-14(8)11(16)10(9)15/h6-7,12-13,17H,2-5H2,1H3. The van der Waals surface area contributed by atoms with Crippen molar-refractivity contribution in [2.45, 2.75) is 41.9 Å². The van der Waals surface area contributed by atoms with Crippen molar-refractivity contribution in [1.82, 2.24) is 0 Å². The van der Waals surface area contributed by atoms with E-state index in [0.29, 0.717) is 21.7 Å². The lowest BCUT2D eigenvalue weighted by molar-refractivity contribution is 0.155. The first-order valence-electron chi connectivity index (χ1n) is 6.54. The van der Waals surface area contributed by atoms with Gasteiger partial charge in [0.1, 0.15) is 10.8 Å². The van der Waals surface area contributed by atoms with Gasteiger partial charge >= 0.3 is 0 Å². The van der Waals surface area contributed by atoms with Crippen LogP contribution in [0.5, 0.6) is 5.75 Å². The number of thioether (sulfide) groups is 1. The molecule has 2 atom stereocenters. The lowest BCUT2D eigenvalue weighted by Crippen LogP contribution is -2.18. The minimum atomic E-state index is -0.466. The molecular formula is C14H16Cl2O2S. The van der Waals surface area contributed by atoms with Crippen LogP contribution in [-0.4, -0.2) is 17.5 Å². The van der Waals surface area contributed by atoms with E-state index in [4.69, 9.17) is 27.9 Å². The molecule has 0 aromatic heterocycles. The average Bonchev–Trinajstić information content (AvgIpc) is 3.02. The van der Waals surface area contributed by atoms with Gasteiger partial charge in [-0.25, -0.2) is 0 Å². The van der Waals surface area contributed by atoms with Gasteiger partial charge in [0.05, 0.1) is 18.2 Å². The third-order valence-electron chi connectivity index (χ3n) is 4.13. The quantitative estimate of drug-likeness (QED) is 0.857. The number of hydrogen-bond acceptors (Lipinski definition) is 3. The second-order valence-corrected chi connectivity index (χ2v) is 7.14. The van der Waals surface area contributed by atoms with Crippen LogP contribution < -0.4 is 4.74 Å². The molecule has 2 unspecified atom stereocenters. The number of halogens is 2. The van der Waals surface area contributed by atoms with Crippen LogP contribution in [0.25, 0.3) is 0 Å². The average molecular weight is 319 g/mol. The highest BCUT2D eigenvalue weighted by atomic mass is 35.5. The number of aliphatic hydroxyl groups excluding tert-OH is 1. The van der Waals surface area contributed by atoms with E-state index in [9.17, 15) is 5.11 Å². The molecule has 0 radical (unpaired) electrons. The van der Waals surface area contributed by atoms with Crippen molar-refractivity contribution in [3.63, 3.8) is 0 Å². The highest BCUT2D eigenvalue weighted by Gasteiger charge is 2.40. The molecule has 0 amide bonds. The second-order valence-electron chi connectivity index (χ2n) is 5.20. The molecule has 0 bridgehead atoms. The molecule has 2 aliphatic rings. The maximum atomic E-state index is 10.6. The Morgan fingerprint density at radius 1 is 1.26 bits per heavy atom. The largest absolute Gasteiger partial charge is 0.495 e. The summed E-state index contributed by atoms with van der Waals surface area (Å²) >= 11 is 14.2. The van der Waals surface area contributed by atoms with Crippen LogP contribution in [0.15, 0.2) is 11.0 Å². The first-order valence-corrected chi connectivity index (χ1v) is 8.17. The second kappa shape index (κ2) is 5.36. The smallest absolute Gasteiger partial charge is 0.139 e. The number of rotatable bonds is 2. The summed E-state index contributed by atoms with van der Waals surface area (Å²) in [5.41, 5.74) is 0.869. The van der Waals surface area contributed by atoms with Crippen molar-refractivity contribution in [1.29, 1.82) is 0 Å². The third-order valence-corrected chi connectivity index (χ3v) is 6.68. The summed E-state index contributed by atoms with van der Waals surface area (Å²) in [6.07, 6.45) is 4.47. The topological polar surface area (TPSA) is 29.5 Å². The fraction of sp³-hybridized carbons (Fsp3) is 0.571. The van der Waals surface area contributed by atoms with Crippen molar-refractivity contribution in [2.24, 2.45) is 5.92 Å². The third kappa shape index (κ3) is 2.25. The highest BCUT2D eigenvalue weighted by molar-refractivity contribution is 8.00. The summed E-state index contributed by atoms with van der Waals surface area (Å²) in [6.45, 7) is 0. The van der Waals surface area contributed by atoms with Crippen LogP contribution >= 0.6 is 35.0 Å². The van der Waals surface area contributed by atoms with Crippen molar-refractivity contribution >= 4 is 35.0 Å². The Morgan fingerprint density at radius 2 is 1.95 bits per heavy atom. The Morgan fingerprint density at radius 3 is 2.58 bits per heavy atom. The van der Waals surface area contributed by atoms with E-state index in [1.807, 2.05) is 6.07 Å². The van der Waals surface area contributed by atoms with Gasteiger partial charge in [-0.2, -0.15) is 0 Å². The van der Waals surface area contributed by atoms with Crippen molar-refractivity contribution in [3.05, 3.63) is 21.7 Å². The van der Waals surface area contributed by atoms with Gasteiger partial charge in [-0.05, 0) is 24.8 Å². The summed E-state index contributed by atoms with van der Waals surface area (Å²) in [5, 5.41) is 11.7. The van der Waals surface area contributed by atoms with Gasteiger partial charge in [-0.15, -0.1) is 11.8 Å². The Kier molecular flexibility index (Phi) is 3.91. The molecule has 1 fully saturated rings. The van der Waals surface area contributed by atoms with Gasteiger partial charge in [0, 0.05) is 15.7 Å². The number of ether oxygens (including phenoxy) is 1. The maximum absolute atomic E-state index is 10.6. The number of benzene rings is 1. The zero-order valence-corrected chi connectivity index (χ0v) is 13.0. The van der Waals surface area contributed by atoms with Crippen LogP contribution in [0.3, 0.4) is 0 Å². The maximum Gasteiger partial charge on any atom is 0.139 e. The monoisotopic (exact) mass is 318 g/mol. The van der Waals surface area contributed by atoms with Gasteiger partial charge in [-0.1, -0.05) is 36.0 Å². The molecule has 1 aliphatic carbocycles. The predicted octanol–water partition coefficient (Wildman–Crippen LogP) is 4.70. The van der Waals surface area contributed by atoms with Crippen LogP contribution in [0.4, 0.5) is 0 Å². The van der Waals surface area contributed by atoms with E-state index in [1.54, 1.807) is 18.9 Å². The van der Waals surface area contributed by atoms with Gasteiger partial charge < -0.3 is 9.84 Å².